The molecule has 314 valence electrons. The highest BCUT2D eigenvalue weighted by molar-refractivity contribution is 7.47. The van der Waals surface area contributed by atoms with Crippen LogP contribution in [-0.4, -0.2) is 75.6 Å². The van der Waals surface area contributed by atoms with Crippen LogP contribution in [0.2, 0.25) is 0 Å². The third kappa shape index (κ3) is 42.0. The minimum Gasteiger partial charge on any atom is -0.457 e. The van der Waals surface area contributed by atoms with E-state index in [0.717, 1.165) is 44.9 Å². The number of phosphoric ester groups is 1. The monoisotopic (exact) mass is 773 g/mol. The molecule has 8 nitrogen and oxygen atoms in total. The molecular formula is C44H87NO7P+. The minimum absolute atomic E-state index is 0.0870. The van der Waals surface area contributed by atoms with E-state index in [-0.39, 0.29) is 25.8 Å². The van der Waals surface area contributed by atoms with Gasteiger partial charge in [0.1, 0.15) is 19.3 Å². The fourth-order valence-electron chi connectivity index (χ4n) is 6.01. The Labute approximate surface area is 328 Å². The quantitative estimate of drug-likeness (QED) is 0.0217. The topological polar surface area (TPSA) is 91.3 Å². The second-order valence-electron chi connectivity index (χ2n) is 16.1. The number of rotatable bonds is 41. The number of esters is 1. The lowest BCUT2D eigenvalue weighted by Gasteiger charge is -2.24. The van der Waals surface area contributed by atoms with Crippen LogP contribution in [-0.2, 0) is 27.9 Å². The summed E-state index contributed by atoms with van der Waals surface area (Å²) in [7, 11) is 1.66. The van der Waals surface area contributed by atoms with E-state index in [1.165, 1.54) is 128 Å². The summed E-state index contributed by atoms with van der Waals surface area (Å²) in [5.41, 5.74) is 0. The van der Waals surface area contributed by atoms with Crippen molar-refractivity contribution in [2.45, 2.75) is 200 Å². The molecule has 0 radical (unpaired) electrons. The predicted octanol–water partition coefficient (Wildman–Crippen LogP) is 12.8. The third-order valence-corrected chi connectivity index (χ3v) is 10.5. The standard InChI is InChI=1S/C44H86NO7P/c1-6-8-10-12-14-16-18-20-22-24-26-28-30-32-34-36-39-49-41-43(42-51-53(47,48)50-40-38-45(3,4)5)52-44(46)37-35-33-31-29-27-25-23-21-19-17-15-13-11-9-7-2/h20-23,43H,6-19,24-42H2,1-5H3/p+1/b22-20-,23-21-/t43-/m1/s1. The van der Waals surface area contributed by atoms with Crippen LogP contribution < -0.4 is 0 Å². The number of ether oxygens (including phenoxy) is 2. The van der Waals surface area contributed by atoms with Gasteiger partial charge in [0.15, 0.2) is 0 Å². The lowest BCUT2D eigenvalue weighted by molar-refractivity contribution is -0.870. The highest BCUT2D eigenvalue weighted by Gasteiger charge is 2.26. The maximum atomic E-state index is 12.7. The van der Waals surface area contributed by atoms with Crippen molar-refractivity contribution in [2.75, 3.05) is 54.1 Å². The average Bonchev–Trinajstić information content (AvgIpc) is 3.11. The van der Waals surface area contributed by atoms with E-state index < -0.39 is 13.9 Å². The molecule has 1 N–H and O–H groups in total. The van der Waals surface area contributed by atoms with Crippen molar-refractivity contribution in [3.8, 4) is 0 Å². The van der Waals surface area contributed by atoms with Gasteiger partial charge in [0.05, 0.1) is 34.4 Å². The number of unbranched alkanes of at least 4 members (excludes halogenated alkanes) is 23. The molecule has 0 saturated carbocycles. The number of hydrogen-bond acceptors (Lipinski definition) is 6. The maximum Gasteiger partial charge on any atom is 0.472 e. The lowest BCUT2D eigenvalue weighted by atomic mass is 10.1. The summed E-state index contributed by atoms with van der Waals surface area (Å²) >= 11 is 0. The number of likely N-dealkylation sites (N-methyl/N-ethyl adjacent to an activating group) is 1. The molecular weight excluding hydrogens is 685 g/mol. The first-order chi connectivity index (χ1) is 25.6. The molecule has 2 atom stereocenters. The number of quaternary nitrogens is 1. The molecule has 53 heavy (non-hydrogen) atoms. The van der Waals surface area contributed by atoms with E-state index in [1.54, 1.807) is 0 Å². The van der Waals surface area contributed by atoms with E-state index in [0.29, 0.717) is 24.1 Å². The minimum atomic E-state index is -4.27. The van der Waals surface area contributed by atoms with Gasteiger partial charge in [-0.25, -0.2) is 4.57 Å². The third-order valence-electron chi connectivity index (χ3n) is 9.49. The van der Waals surface area contributed by atoms with Crippen molar-refractivity contribution in [3.05, 3.63) is 24.3 Å². The van der Waals surface area contributed by atoms with Gasteiger partial charge in [0.2, 0.25) is 0 Å². The van der Waals surface area contributed by atoms with Crippen molar-refractivity contribution < 1.29 is 37.3 Å². The van der Waals surface area contributed by atoms with Gasteiger partial charge in [-0.3, -0.25) is 13.8 Å². The van der Waals surface area contributed by atoms with Crippen LogP contribution >= 0.6 is 7.82 Å². The molecule has 0 rings (SSSR count). The summed E-state index contributed by atoms with van der Waals surface area (Å²) in [6, 6.07) is 0. The summed E-state index contributed by atoms with van der Waals surface area (Å²) in [5, 5.41) is 0. The summed E-state index contributed by atoms with van der Waals surface area (Å²) in [4.78, 5) is 22.9. The number of phosphoric acid groups is 1. The van der Waals surface area contributed by atoms with Crippen molar-refractivity contribution in [2.24, 2.45) is 0 Å². The SMILES string of the molecule is CCCCCCCC/C=C\CCCCCCCCOC[C@H](COP(=O)(O)OCC[N+](C)(C)C)OC(=O)CCCCCCC/C=C\CCCCCCCC. The molecule has 0 aromatic rings. The van der Waals surface area contributed by atoms with Crippen LogP contribution in [0, 0.1) is 0 Å². The molecule has 0 aromatic heterocycles. The van der Waals surface area contributed by atoms with Gasteiger partial charge in [0.25, 0.3) is 0 Å². The zero-order valence-electron chi connectivity index (χ0n) is 35.5. The Hall–Kier alpha value is -1.02. The largest absolute Gasteiger partial charge is 0.472 e. The Morgan fingerprint density at radius 2 is 0.981 bits per heavy atom. The van der Waals surface area contributed by atoms with Crippen LogP contribution in [0.4, 0.5) is 0 Å². The van der Waals surface area contributed by atoms with Gasteiger partial charge in [0, 0.05) is 13.0 Å². The summed E-state index contributed by atoms with van der Waals surface area (Å²) < 4.78 is 35.0. The van der Waals surface area contributed by atoms with Crippen LogP contribution in [0.5, 0.6) is 0 Å². The zero-order chi connectivity index (χ0) is 39.1. The predicted molar refractivity (Wildman–Crippen MR) is 224 cm³/mol. The van der Waals surface area contributed by atoms with Crippen LogP contribution in [0.1, 0.15) is 194 Å². The van der Waals surface area contributed by atoms with Gasteiger partial charge in [-0.15, -0.1) is 0 Å². The van der Waals surface area contributed by atoms with E-state index >= 15 is 0 Å². The molecule has 9 heteroatoms. The Balaban J connectivity index is 4.25. The lowest BCUT2D eigenvalue weighted by Crippen LogP contribution is -2.37. The van der Waals surface area contributed by atoms with Crippen molar-refractivity contribution in [3.63, 3.8) is 0 Å². The average molecular weight is 773 g/mol. The Bertz CT molecular complexity index is 905. The fraction of sp³-hybridized carbons (Fsp3) is 0.886. The highest BCUT2D eigenvalue weighted by Crippen LogP contribution is 2.43. The molecule has 0 fully saturated rings. The Morgan fingerprint density at radius 3 is 1.43 bits per heavy atom. The van der Waals surface area contributed by atoms with E-state index in [4.69, 9.17) is 18.5 Å². The van der Waals surface area contributed by atoms with Gasteiger partial charge < -0.3 is 18.9 Å². The Morgan fingerprint density at radius 1 is 0.566 bits per heavy atom. The van der Waals surface area contributed by atoms with E-state index in [9.17, 15) is 14.3 Å². The number of nitrogens with zero attached hydrogens (tertiary/aromatic N) is 1. The van der Waals surface area contributed by atoms with Gasteiger partial charge >= 0.3 is 13.8 Å². The molecule has 0 aliphatic rings. The zero-order valence-corrected chi connectivity index (χ0v) is 36.4. The van der Waals surface area contributed by atoms with Crippen molar-refractivity contribution in [1.29, 1.82) is 0 Å². The smallest absolute Gasteiger partial charge is 0.457 e. The second kappa shape index (κ2) is 37.9. The van der Waals surface area contributed by atoms with Gasteiger partial charge in [-0.1, -0.05) is 147 Å². The van der Waals surface area contributed by atoms with Crippen molar-refractivity contribution in [1.82, 2.24) is 0 Å². The summed E-state index contributed by atoms with van der Waals surface area (Å²) in [5.74, 6) is -0.323. The number of allylic oxidation sites excluding steroid dienone is 4. The number of hydrogen-bond donors (Lipinski definition) is 1. The van der Waals surface area contributed by atoms with E-state index in [2.05, 4.69) is 38.2 Å². The fourth-order valence-corrected chi connectivity index (χ4v) is 6.75. The Kier molecular flexibility index (Phi) is 37.2. The molecule has 0 aliphatic carbocycles. The van der Waals surface area contributed by atoms with E-state index in [1.807, 2.05) is 21.1 Å². The molecule has 0 bridgehead atoms. The molecule has 0 saturated heterocycles. The van der Waals surface area contributed by atoms with Crippen LogP contribution in [0.3, 0.4) is 0 Å². The molecule has 0 aromatic carbocycles. The van der Waals surface area contributed by atoms with Gasteiger partial charge in [-0.2, -0.15) is 0 Å². The summed E-state index contributed by atoms with van der Waals surface area (Å²) in [6.07, 6.45) is 42.0. The second-order valence-corrected chi connectivity index (χ2v) is 17.5. The maximum absolute atomic E-state index is 12.7. The number of carbonyl (C=O) groups excluding carboxylic acids is 1. The highest BCUT2D eigenvalue weighted by atomic mass is 31.2. The first-order valence-corrected chi connectivity index (χ1v) is 23.6. The molecule has 0 heterocycles. The first kappa shape index (κ1) is 52.0. The first-order valence-electron chi connectivity index (χ1n) is 22.1. The molecule has 1 unspecified atom stereocenters. The van der Waals surface area contributed by atoms with Gasteiger partial charge in [-0.05, 0) is 64.2 Å². The molecule has 0 amide bonds. The van der Waals surface area contributed by atoms with Crippen LogP contribution in [0.15, 0.2) is 24.3 Å². The number of carbonyl (C=O) groups is 1. The van der Waals surface area contributed by atoms with Crippen LogP contribution in [0.25, 0.3) is 0 Å². The molecule has 0 aliphatic heterocycles. The van der Waals surface area contributed by atoms with Crippen molar-refractivity contribution >= 4 is 13.8 Å². The normalized spacial score (nSPS) is 14.0. The molecule has 0 spiro atoms. The summed E-state index contributed by atoms with van der Waals surface area (Å²) in [6.45, 7) is 5.60.